The summed E-state index contributed by atoms with van der Waals surface area (Å²) in [5.41, 5.74) is 2.21. The van der Waals surface area contributed by atoms with Gasteiger partial charge in [-0.05, 0) is 26.3 Å². The van der Waals surface area contributed by atoms with Gasteiger partial charge in [0.2, 0.25) is 0 Å². The summed E-state index contributed by atoms with van der Waals surface area (Å²) in [6.07, 6.45) is 0.902. The SMILES string of the molecule is CCNc1nc(-c2cc(Cl)cs2)nc(CC)c1C. The Morgan fingerprint density at radius 1 is 1.33 bits per heavy atom. The highest BCUT2D eigenvalue weighted by Gasteiger charge is 2.12. The molecule has 0 unspecified atom stereocenters. The second-order valence-electron chi connectivity index (χ2n) is 3.98. The maximum Gasteiger partial charge on any atom is 0.171 e. The Kier molecular flexibility index (Phi) is 4.19. The molecule has 0 fully saturated rings. The van der Waals surface area contributed by atoms with Crippen molar-refractivity contribution in [2.45, 2.75) is 27.2 Å². The zero-order chi connectivity index (χ0) is 13.1. The van der Waals surface area contributed by atoms with Gasteiger partial charge in [0.1, 0.15) is 5.82 Å². The number of aromatic nitrogens is 2. The topological polar surface area (TPSA) is 37.8 Å². The molecule has 0 bridgehead atoms. The normalized spacial score (nSPS) is 10.7. The van der Waals surface area contributed by atoms with Crippen molar-refractivity contribution in [3.63, 3.8) is 0 Å². The number of hydrogen-bond acceptors (Lipinski definition) is 4. The van der Waals surface area contributed by atoms with E-state index in [0.717, 1.165) is 45.8 Å². The van der Waals surface area contributed by atoms with Crippen molar-refractivity contribution in [3.8, 4) is 10.7 Å². The Labute approximate surface area is 116 Å². The van der Waals surface area contributed by atoms with E-state index < -0.39 is 0 Å². The molecule has 0 aromatic carbocycles. The van der Waals surface area contributed by atoms with Crippen molar-refractivity contribution in [3.05, 3.63) is 27.7 Å². The van der Waals surface area contributed by atoms with E-state index in [4.69, 9.17) is 11.6 Å². The van der Waals surface area contributed by atoms with Gasteiger partial charge in [-0.25, -0.2) is 9.97 Å². The largest absolute Gasteiger partial charge is 0.370 e. The lowest BCUT2D eigenvalue weighted by atomic mass is 10.2. The van der Waals surface area contributed by atoms with Gasteiger partial charge in [-0.2, -0.15) is 0 Å². The van der Waals surface area contributed by atoms with Crippen molar-refractivity contribution in [2.24, 2.45) is 0 Å². The smallest absolute Gasteiger partial charge is 0.171 e. The lowest BCUT2D eigenvalue weighted by molar-refractivity contribution is 0.972. The minimum absolute atomic E-state index is 0.738. The molecule has 2 heterocycles. The van der Waals surface area contributed by atoms with Crippen LogP contribution in [0.1, 0.15) is 25.1 Å². The van der Waals surface area contributed by atoms with Crippen molar-refractivity contribution < 1.29 is 0 Å². The van der Waals surface area contributed by atoms with E-state index in [9.17, 15) is 0 Å². The summed E-state index contributed by atoms with van der Waals surface area (Å²) in [7, 11) is 0. The van der Waals surface area contributed by atoms with Gasteiger partial charge in [0, 0.05) is 23.2 Å². The number of aryl methyl sites for hydroxylation is 1. The number of hydrogen-bond donors (Lipinski definition) is 1. The average molecular weight is 282 g/mol. The molecule has 0 aliphatic carbocycles. The lowest BCUT2D eigenvalue weighted by Crippen LogP contribution is -2.07. The summed E-state index contributed by atoms with van der Waals surface area (Å²) >= 11 is 7.53. The number of thiophene rings is 1. The van der Waals surface area contributed by atoms with Gasteiger partial charge in [0.15, 0.2) is 5.82 Å². The maximum absolute atomic E-state index is 5.96. The molecular weight excluding hydrogens is 266 g/mol. The first kappa shape index (κ1) is 13.3. The lowest BCUT2D eigenvalue weighted by Gasteiger charge is -2.11. The quantitative estimate of drug-likeness (QED) is 0.914. The minimum atomic E-state index is 0.738. The second-order valence-corrected chi connectivity index (χ2v) is 5.33. The highest BCUT2D eigenvalue weighted by Crippen LogP contribution is 2.29. The predicted octanol–water partition coefficient (Wildman–Crippen LogP) is 4.16. The van der Waals surface area contributed by atoms with Crippen LogP contribution in [0.2, 0.25) is 5.02 Å². The van der Waals surface area contributed by atoms with Crippen LogP contribution in [-0.2, 0) is 6.42 Å². The molecule has 96 valence electrons. The van der Waals surface area contributed by atoms with Crippen molar-refractivity contribution in [2.75, 3.05) is 11.9 Å². The fraction of sp³-hybridized carbons (Fsp3) is 0.385. The van der Waals surface area contributed by atoms with Crippen LogP contribution in [0.25, 0.3) is 10.7 Å². The van der Waals surface area contributed by atoms with E-state index in [1.165, 1.54) is 0 Å². The molecule has 1 N–H and O–H groups in total. The summed E-state index contributed by atoms with van der Waals surface area (Å²) in [5, 5.41) is 5.93. The van der Waals surface area contributed by atoms with Gasteiger partial charge in [0.05, 0.1) is 9.90 Å². The number of nitrogens with zero attached hydrogens (tertiary/aromatic N) is 2. The fourth-order valence-corrected chi connectivity index (χ4v) is 2.79. The van der Waals surface area contributed by atoms with Crippen LogP contribution < -0.4 is 5.32 Å². The van der Waals surface area contributed by atoms with Gasteiger partial charge in [-0.1, -0.05) is 18.5 Å². The zero-order valence-electron chi connectivity index (χ0n) is 10.7. The number of nitrogens with one attached hydrogen (secondary N) is 1. The maximum atomic E-state index is 5.96. The fourth-order valence-electron chi connectivity index (χ4n) is 1.79. The highest BCUT2D eigenvalue weighted by atomic mass is 35.5. The van der Waals surface area contributed by atoms with Gasteiger partial charge in [-0.3, -0.25) is 0 Å². The van der Waals surface area contributed by atoms with Crippen LogP contribution in [-0.4, -0.2) is 16.5 Å². The monoisotopic (exact) mass is 281 g/mol. The van der Waals surface area contributed by atoms with Crippen molar-refractivity contribution in [1.29, 1.82) is 0 Å². The Hall–Kier alpha value is -1.13. The summed E-state index contributed by atoms with van der Waals surface area (Å²) in [4.78, 5) is 10.2. The summed E-state index contributed by atoms with van der Waals surface area (Å²) in [5.74, 6) is 1.68. The molecule has 0 aliphatic heterocycles. The third-order valence-corrected chi connectivity index (χ3v) is 3.99. The third-order valence-electron chi connectivity index (χ3n) is 2.71. The Morgan fingerprint density at radius 3 is 2.67 bits per heavy atom. The standard InChI is InChI=1S/C13H16ClN3S/c1-4-10-8(3)12(15-5-2)17-13(16-10)11-6-9(14)7-18-11/h6-7H,4-5H2,1-3H3,(H,15,16,17). The third kappa shape index (κ3) is 2.65. The molecule has 0 atom stereocenters. The van der Waals surface area contributed by atoms with E-state index in [1.54, 1.807) is 11.3 Å². The number of halogens is 1. The summed E-state index contributed by atoms with van der Waals surface area (Å²) < 4.78 is 0. The average Bonchev–Trinajstić information content (AvgIpc) is 2.79. The first-order valence-corrected chi connectivity index (χ1v) is 7.27. The zero-order valence-corrected chi connectivity index (χ0v) is 12.3. The van der Waals surface area contributed by atoms with Gasteiger partial charge in [-0.15, -0.1) is 11.3 Å². The second kappa shape index (κ2) is 5.67. The minimum Gasteiger partial charge on any atom is -0.370 e. The number of anilines is 1. The predicted molar refractivity (Wildman–Crippen MR) is 78.6 cm³/mol. The van der Waals surface area contributed by atoms with E-state index in [2.05, 4.69) is 36.1 Å². The number of rotatable bonds is 4. The Morgan fingerprint density at radius 2 is 2.11 bits per heavy atom. The van der Waals surface area contributed by atoms with Crippen molar-refractivity contribution in [1.82, 2.24) is 9.97 Å². The van der Waals surface area contributed by atoms with Gasteiger partial charge >= 0.3 is 0 Å². The van der Waals surface area contributed by atoms with E-state index in [0.29, 0.717) is 0 Å². The van der Waals surface area contributed by atoms with Crippen LogP contribution in [0, 0.1) is 6.92 Å². The Bertz CT molecular complexity index is 551. The van der Waals surface area contributed by atoms with E-state index in [-0.39, 0.29) is 0 Å². The molecule has 2 aromatic rings. The summed E-state index contributed by atoms with van der Waals surface area (Å²) in [6, 6.07) is 1.91. The van der Waals surface area contributed by atoms with Gasteiger partial charge < -0.3 is 5.32 Å². The molecule has 2 aromatic heterocycles. The molecule has 0 saturated heterocycles. The molecule has 0 amide bonds. The molecule has 18 heavy (non-hydrogen) atoms. The van der Waals surface area contributed by atoms with E-state index in [1.807, 2.05) is 11.4 Å². The molecule has 0 radical (unpaired) electrons. The molecule has 0 aliphatic rings. The molecule has 0 spiro atoms. The van der Waals surface area contributed by atoms with Crippen LogP contribution in [0.4, 0.5) is 5.82 Å². The Balaban J connectivity index is 2.51. The van der Waals surface area contributed by atoms with Crippen LogP contribution in [0.15, 0.2) is 11.4 Å². The molecule has 3 nitrogen and oxygen atoms in total. The van der Waals surface area contributed by atoms with Crippen molar-refractivity contribution >= 4 is 28.8 Å². The first-order chi connectivity index (χ1) is 8.65. The summed E-state index contributed by atoms with van der Waals surface area (Å²) in [6.45, 7) is 7.08. The molecule has 5 heteroatoms. The molecule has 0 saturated carbocycles. The van der Waals surface area contributed by atoms with Gasteiger partial charge in [0.25, 0.3) is 0 Å². The van der Waals surface area contributed by atoms with Crippen LogP contribution >= 0.6 is 22.9 Å². The first-order valence-electron chi connectivity index (χ1n) is 6.01. The molecule has 2 rings (SSSR count). The van der Waals surface area contributed by atoms with Crippen LogP contribution in [0.5, 0.6) is 0 Å². The van der Waals surface area contributed by atoms with Crippen LogP contribution in [0.3, 0.4) is 0 Å². The molecular formula is C13H16ClN3S. The van der Waals surface area contributed by atoms with E-state index >= 15 is 0 Å². The highest BCUT2D eigenvalue weighted by molar-refractivity contribution is 7.14.